The standard InChI is InChI=1S/C36H25BN4/c37-21-26-20-36-32(23-39-26)30-6-2-4-8-34(30)41(36)28-15-11-25(12-16-28)19-24-9-13-27(14-10-24)40-33-7-3-1-5-29(33)31-22-38-18-17-35(31)40/h1-18,20,22-23H,19,21H2. The van der Waals surface area contributed by atoms with Crippen molar-refractivity contribution in [3.63, 3.8) is 0 Å². The predicted molar refractivity (Wildman–Crippen MR) is 169 cm³/mol. The lowest BCUT2D eigenvalue weighted by atomic mass is 10.0. The molecule has 0 spiro atoms. The summed E-state index contributed by atoms with van der Waals surface area (Å²) in [6.45, 7) is 0. The van der Waals surface area contributed by atoms with Gasteiger partial charge in [-0.1, -0.05) is 60.7 Å². The monoisotopic (exact) mass is 524 g/mol. The second-order valence-corrected chi connectivity index (χ2v) is 10.5. The number of pyridine rings is 2. The molecule has 2 radical (unpaired) electrons. The van der Waals surface area contributed by atoms with Crippen molar-refractivity contribution in [2.45, 2.75) is 12.7 Å². The minimum absolute atomic E-state index is 0.420. The van der Waals surface area contributed by atoms with Crippen molar-refractivity contribution >= 4 is 51.5 Å². The van der Waals surface area contributed by atoms with Crippen LogP contribution in [0.2, 0.25) is 0 Å². The minimum Gasteiger partial charge on any atom is -0.309 e. The summed E-state index contributed by atoms with van der Waals surface area (Å²) in [5.41, 5.74) is 10.4. The highest BCUT2D eigenvalue weighted by Crippen LogP contribution is 2.33. The number of fused-ring (bicyclic) bond motifs is 6. The number of hydrogen-bond acceptors (Lipinski definition) is 2. The maximum absolute atomic E-state index is 5.93. The van der Waals surface area contributed by atoms with Crippen molar-refractivity contribution < 1.29 is 0 Å². The number of hydrogen-bond donors (Lipinski definition) is 0. The van der Waals surface area contributed by atoms with Crippen molar-refractivity contribution in [1.82, 2.24) is 19.1 Å². The molecule has 0 bridgehead atoms. The van der Waals surface area contributed by atoms with E-state index in [0.29, 0.717) is 6.32 Å². The van der Waals surface area contributed by atoms with Gasteiger partial charge in [0, 0.05) is 57.2 Å². The molecule has 8 aromatic rings. The third kappa shape index (κ3) is 3.85. The van der Waals surface area contributed by atoms with Crippen LogP contribution in [0.25, 0.3) is 55.0 Å². The number of benzene rings is 4. The van der Waals surface area contributed by atoms with Crippen LogP contribution in [-0.4, -0.2) is 26.9 Å². The van der Waals surface area contributed by atoms with Crippen LogP contribution in [0.5, 0.6) is 0 Å². The van der Waals surface area contributed by atoms with Gasteiger partial charge < -0.3 is 9.13 Å². The molecule has 192 valence electrons. The molecule has 4 nitrogen and oxygen atoms in total. The fourth-order valence-corrected chi connectivity index (χ4v) is 6.15. The molecule has 4 aromatic heterocycles. The lowest BCUT2D eigenvalue weighted by Gasteiger charge is -2.11. The zero-order valence-corrected chi connectivity index (χ0v) is 22.4. The van der Waals surface area contributed by atoms with Crippen LogP contribution in [0.15, 0.2) is 128 Å². The van der Waals surface area contributed by atoms with E-state index >= 15 is 0 Å². The Balaban J connectivity index is 1.12. The van der Waals surface area contributed by atoms with Crippen LogP contribution in [0, 0.1) is 0 Å². The van der Waals surface area contributed by atoms with Gasteiger partial charge in [-0.3, -0.25) is 9.97 Å². The average molecular weight is 524 g/mol. The molecule has 0 saturated heterocycles. The van der Waals surface area contributed by atoms with Gasteiger partial charge in [0.25, 0.3) is 0 Å². The summed E-state index contributed by atoms with van der Waals surface area (Å²) in [4.78, 5) is 8.92. The summed E-state index contributed by atoms with van der Waals surface area (Å²) in [5.74, 6) is 0. The summed E-state index contributed by atoms with van der Waals surface area (Å²) in [7, 11) is 5.93. The van der Waals surface area contributed by atoms with Gasteiger partial charge >= 0.3 is 0 Å². The summed E-state index contributed by atoms with van der Waals surface area (Å²) in [6, 6.07) is 39.0. The van der Waals surface area contributed by atoms with Crippen molar-refractivity contribution in [1.29, 1.82) is 0 Å². The van der Waals surface area contributed by atoms with E-state index in [9.17, 15) is 0 Å². The van der Waals surface area contributed by atoms with E-state index in [1.807, 2.05) is 18.6 Å². The molecule has 4 heterocycles. The summed E-state index contributed by atoms with van der Waals surface area (Å²) < 4.78 is 4.63. The first-order chi connectivity index (χ1) is 20.3. The number of aromatic nitrogens is 4. The topological polar surface area (TPSA) is 35.6 Å². The fraction of sp³-hybridized carbons (Fsp3) is 0.0556. The van der Waals surface area contributed by atoms with Crippen molar-refractivity contribution in [3.8, 4) is 11.4 Å². The Morgan fingerprint density at radius 2 is 1.07 bits per heavy atom. The molecule has 0 aliphatic heterocycles. The molecule has 4 aromatic carbocycles. The van der Waals surface area contributed by atoms with E-state index in [2.05, 4.69) is 128 Å². The molecule has 0 aliphatic rings. The molecule has 0 fully saturated rings. The normalized spacial score (nSPS) is 11.7. The van der Waals surface area contributed by atoms with Gasteiger partial charge in [0.05, 0.1) is 29.9 Å². The highest BCUT2D eigenvalue weighted by Gasteiger charge is 2.14. The molecule has 0 N–H and O–H groups in total. The Morgan fingerprint density at radius 3 is 1.68 bits per heavy atom. The molecule has 0 atom stereocenters. The minimum atomic E-state index is 0.420. The summed E-state index contributed by atoms with van der Waals surface area (Å²) in [5, 5.41) is 4.73. The molecule has 0 amide bonds. The van der Waals surface area contributed by atoms with Crippen molar-refractivity contribution in [3.05, 3.63) is 145 Å². The molecular weight excluding hydrogens is 499 g/mol. The zero-order chi connectivity index (χ0) is 27.3. The summed E-state index contributed by atoms with van der Waals surface area (Å²) in [6.07, 6.45) is 7.06. The van der Waals surface area contributed by atoms with Gasteiger partial charge in [-0.15, -0.1) is 0 Å². The fourth-order valence-electron chi connectivity index (χ4n) is 6.15. The highest BCUT2D eigenvalue weighted by atomic mass is 15.0. The van der Waals surface area contributed by atoms with Crippen LogP contribution < -0.4 is 0 Å². The predicted octanol–water partition coefficient (Wildman–Crippen LogP) is 7.93. The van der Waals surface area contributed by atoms with Gasteiger partial charge in [-0.25, -0.2) is 0 Å². The largest absolute Gasteiger partial charge is 0.309 e. The van der Waals surface area contributed by atoms with E-state index in [-0.39, 0.29) is 0 Å². The van der Waals surface area contributed by atoms with Gasteiger partial charge in [0.1, 0.15) is 0 Å². The first-order valence-electron chi connectivity index (χ1n) is 13.9. The second kappa shape index (κ2) is 9.49. The van der Waals surface area contributed by atoms with E-state index in [4.69, 9.17) is 7.85 Å². The van der Waals surface area contributed by atoms with E-state index in [0.717, 1.165) is 34.4 Å². The molecule has 5 heteroatoms. The van der Waals surface area contributed by atoms with Crippen LogP contribution in [0.4, 0.5) is 0 Å². The van der Waals surface area contributed by atoms with Gasteiger partial charge in [-0.2, -0.15) is 0 Å². The Kier molecular flexibility index (Phi) is 5.49. The molecule has 41 heavy (non-hydrogen) atoms. The van der Waals surface area contributed by atoms with Gasteiger partial charge in [-0.05, 0) is 72.4 Å². The van der Waals surface area contributed by atoms with E-state index in [1.54, 1.807) is 0 Å². The number of para-hydroxylation sites is 2. The Labute approximate surface area is 238 Å². The third-order valence-electron chi connectivity index (χ3n) is 8.10. The maximum Gasteiger partial charge on any atom is 0.0738 e. The van der Waals surface area contributed by atoms with E-state index < -0.39 is 0 Å². The van der Waals surface area contributed by atoms with Crippen molar-refractivity contribution in [2.24, 2.45) is 0 Å². The first kappa shape index (κ1) is 23.7. The van der Waals surface area contributed by atoms with E-state index in [1.165, 1.54) is 43.8 Å². The second-order valence-electron chi connectivity index (χ2n) is 10.5. The molecule has 0 unspecified atom stereocenters. The quantitative estimate of drug-likeness (QED) is 0.214. The number of nitrogens with zero attached hydrogens (tertiary/aromatic N) is 4. The first-order valence-corrected chi connectivity index (χ1v) is 13.9. The Bertz CT molecular complexity index is 2150. The van der Waals surface area contributed by atoms with Crippen LogP contribution >= 0.6 is 0 Å². The van der Waals surface area contributed by atoms with Crippen LogP contribution in [0.1, 0.15) is 16.8 Å². The van der Waals surface area contributed by atoms with Crippen molar-refractivity contribution in [2.75, 3.05) is 0 Å². The number of rotatable bonds is 5. The molecule has 0 saturated carbocycles. The molecular formula is C36H25BN4. The van der Waals surface area contributed by atoms with Gasteiger partial charge in [0.2, 0.25) is 0 Å². The smallest absolute Gasteiger partial charge is 0.0738 e. The molecule has 8 rings (SSSR count). The SMILES string of the molecule is [B]Cc1cc2c(cn1)c1ccccc1n2-c1ccc(Cc2ccc(-n3c4ccccc4c4cnccc43)cc2)cc1. The lowest BCUT2D eigenvalue weighted by Crippen LogP contribution is -1.97. The zero-order valence-electron chi connectivity index (χ0n) is 22.4. The van der Waals surface area contributed by atoms with Gasteiger partial charge in [0.15, 0.2) is 0 Å². The lowest BCUT2D eigenvalue weighted by molar-refractivity contribution is 1.12. The highest BCUT2D eigenvalue weighted by molar-refractivity contribution is 6.11. The third-order valence-corrected chi connectivity index (χ3v) is 8.10. The van der Waals surface area contributed by atoms with Crippen LogP contribution in [0.3, 0.4) is 0 Å². The average Bonchev–Trinajstić information content (AvgIpc) is 3.54. The maximum atomic E-state index is 5.93. The Hall–Kier alpha value is -5.16. The Morgan fingerprint density at radius 1 is 0.537 bits per heavy atom. The molecule has 0 aliphatic carbocycles. The summed E-state index contributed by atoms with van der Waals surface area (Å²) >= 11 is 0. The van der Waals surface area contributed by atoms with Crippen LogP contribution in [-0.2, 0) is 12.7 Å².